The van der Waals surface area contributed by atoms with Gasteiger partial charge in [0.25, 0.3) is 0 Å². The average molecular weight is 641 g/mol. The summed E-state index contributed by atoms with van der Waals surface area (Å²) in [5, 5.41) is 8.97. The van der Waals surface area contributed by atoms with E-state index in [1.54, 1.807) is 0 Å². The van der Waals surface area contributed by atoms with Crippen molar-refractivity contribution in [1.82, 2.24) is 4.57 Å². The smallest absolute Gasteiger partial charge is 0.159 e. The van der Waals surface area contributed by atoms with Crippen molar-refractivity contribution in [3.05, 3.63) is 170 Å². The number of benzene rings is 8. The maximum absolute atomic E-state index is 6.70. The molecule has 0 unspecified atom stereocenters. The van der Waals surface area contributed by atoms with E-state index in [0.717, 1.165) is 82.9 Å². The third-order valence-corrected chi connectivity index (χ3v) is 10.2. The van der Waals surface area contributed by atoms with Crippen LogP contribution in [-0.2, 0) is 0 Å². The standard InChI is InChI=1S/C46H28N2O2/c1-2-13-30(14-3-1)47-38-19-8-6-16-33(38)37-28-31(25-27-39(37)47)48(41-21-10-18-35-34-17-7-9-22-42(34)49-46(35)41)40-20-11-23-43-44(40)36-26-24-29-12-4-5-15-32(29)45(36)50-43/h1-28H. The van der Waals surface area contributed by atoms with Crippen LogP contribution in [0.3, 0.4) is 0 Å². The van der Waals surface area contributed by atoms with Gasteiger partial charge in [0.15, 0.2) is 5.58 Å². The lowest BCUT2D eigenvalue weighted by Gasteiger charge is -2.26. The van der Waals surface area contributed by atoms with E-state index in [9.17, 15) is 0 Å². The Kier molecular flexibility index (Phi) is 5.63. The first kappa shape index (κ1) is 27.2. The zero-order valence-electron chi connectivity index (χ0n) is 26.9. The Hall–Kier alpha value is -6.78. The molecular weight excluding hydrogens is 613 g/mol. The molecule has 11 aromatic rings. The van der Waals surface area contributed by atoms with E-state index < -0.39 is 0 Å². The van der Waals surface area contributed by atoms with Gasteiger partial charge >= 0.3 is 0 Å². The second-order valence-corrected chi connectivity index (χ2v) is 12.9. The Bertz CT molecular complexity index is 3110. The number of fused-ring (bicyclic) bond motifs is 11. The molecule has 0 bridgehead atoms. The van der Waals surface area contributed by atoms with E-state index in [0.29, 0.717) is 0 Å². The van der Waals surface area contributed by atoms with Gasteiger partial charge in [-0.2, -0.15) is 0 Å². The third kappa shape index (κ3) is 3.81. The van der Waals surface area contributed by atoms with Gasteiger partial charge in [0.1, 0.15) is 16.7 Å². The van der Waals surface area contributed by atoms with Crippen molar-refractivity contribution in [3.63, 3.8) is 0 Å². The van der Waals surface area contributed by atoms with Gasteiger partial charge in [0.2, 0.25) is 0 Å². The SMILES string of the molecule is c1ccc(-n2c3ccccc3c3cc(N(c4cccc5c4oc4ccccc45)c4cccc5oc6c7ccccc7ccc6c45)ccc32)cc1. The summed E-state index contributed by atoms with van der Waals surface area (Å²) in [6.07, 6.45) is 0. The van der Waals surface area contributed by atoms with E-state index in [4.69, 9.17) is 8.83 Å². The van der Waals surface area contributed by atoms with Crippen molar-refractivity contribution < 1.29 is 8.83 Å². The number of para-hydroxylation sites is 4. The van der Waals surface area contributed by atoms with Crippen LogP contribution >= 0.6 is 0 Å². The van der Waals surface area contributed by atoms with Gasteiger partial charge in [-0.3, -0.25) is 0 Å². The van der Waals surface area contributed by atoms with Gasteiger partial charge in [0.05, 0.1) is 27.8 Å². The minimum Gasteiger partial charge on any atom is -0.455 e. The normalized spacial score (nSPS) is 12.0. The van der Waals surface area contributed by atoms with E-state index >= 15 is 0 Å². The van der Waals surface area contributed by atoms with Crippen LogP contribution in [-0.4, -0.2) is 4.57 Å². The Balaban J connectivity index is 1.25. The highest BCUT2D eigenvalue weighted by molar-refractivity contribution is 6.21. The van der Waals surface area contributed by atoms with Crippen LogP contribution in [0.25, 0.3) is 82.1 Å². The fourth-order valence-corrected chi connectivity index (χ4v) is 7.99. The molecule has 234 valence electrons. The van der Waals surface area contributed by atoms with Crippen LogP contribution < -0.4 is 4.90 Å². The first-order chi connectivity index (χ1) is 24.8. The number of rotatable bonds is 4. The molecule has 0 spiro atoms. The highest BCUT2D eigenvalue weighted by Crippen LogP contribution is 2.48. The van der Waals surface area contributed by atoms with Crippen LogP contribution in [0, 0.1) is 0 Å². The Morgan fingerprint density at radius 2 is 1.08 bits per heavy atom. The number of anilines is 3. The van der Waals surface area contributed by atoms with Crippen molar-refractivity contribution in [2.75, 3.05) is 4.90 Å². The molecule has 4 heteroatoms. The molecule has 50 heavy (non-hydrogen) atoms. The van der Waals surface area contributed by atoms with Crippen molar-refractivity contribution >= 4 is 93.5 Å². The molecule has 8 aromatic carbocycles. The molecule has 4 nitrogen and oxygen atoms in total. The molecular formula is C46H28N2O2. The zero-order chi connectivity index (χ0) is 32.8. The van der Waals surface area contributed by atoms with Gasteiger partial charge in [-0.1, -0.05) is 103 Å². The monoisotopic (exact) mass is 640 g/mol. The van der Waals surface area contributed by atoms with Crippen molar-refractivity contribution in [2.45, 2.75) is 0 Å². The molecule has 0 saturated carbocycles. The van der Waals surface area contributed by atoms with Crippen LogP contribution in [0.1, 0.15) is 0 Å². The molecule has 0 aliphatic carbocycles. The molecule has 0 radical (unpaired) electrons. The van der Waals surface area contributed by atoms with Crippen LogP contribution in [0.4, 0.5) is 17.1 Å². The van der Waals surface area contributed by atoms with Crippen LogP contribution in [0.2, 0.25) is 0 Å². The van der Waals surface area contributed by atoms with E-state index in [-0.39, 0.29) is 0 Å². The molecule has 11 rings (SSSR count). The van der Waals surface area contributed by atoms with Gasteiger partial charge < -0.3 is 18.3 Å². The molecule has 0 atom stereocenters. The second kappa shape index (κ2) is 10.4. The molecule has 3 aromatic heterocycles. The number of hydrogen-bond donors (Lipinski definition) is 0. The fraction of sp³-hybridized carbons (Fsp3) is 0. The maximum atomic E-state index is 6.70. The molecule has 0 aliphatic heterocycles. The first-order valence-electron chi connectivity index (χ1n) is 16.9. The van der Waals surface area contributed by atoms with Crippen LogP contribution in [0.15, 0.2) is 179 Å². The molecule has 0 N–H and O–H groups in total. The molecule has 0 amide bonds. The third-order valence-electron chi connectivity index (χ3n) is 10.2. The lowest BCUT2D eigenvalue weighted by Crippen LogP contribution is -2.10. The Labute approximate surface area is 286 Å². The lowest BCUT2D eigenvalue weighted by atomic mass is 10.0. The summed E-state index contributed by atoms with van der Waals surface area (Å²) in [6, 6.07) is 60.0. The predicted molar refractivity (Wildman–Crippen MR) is 208 cm³/mol. The summed E-state index contributed by atoms with van der Waals surface area (Å²) in [4.78, 5) is 2.35. The predicted octanol–water partition coefficient (Wildman–Crippen LogP) is 13.2. The quantitative estimate of drug-likeness (QED) is 0.192. The van der Waals surface area contributed by atoms with Crippen molar-refractivity contribution in [2.24, 2.45) is 0 Å². The second-order valence-electron chi connectivity index (χ2n) is 12.9. The zero-order valence-corrected chi connectivity index (χ0v) is 26.9. The van der Waals surface area contributed by atoms with Crippen molar-refractivity contribution in [1.29, 1.82) is 0 Å². The van der Waals surface area contributed by atoms with Gasteiger partial charge in [-0.25, -0.2) is 0 Å². The Morgan fingerprint density at radius 3 is 2.00 bits per heavy atom. The van der Waals surface area contributed by atoms with E-state index in [2.05, 4.69) is 167 Å². The van der Waals surface area contributed by atoms with Gasteiger partial charge in [-0.05, 0) is 72.1 Å². The summed E-state index contributed by atoms with van der Waals surface area (Å²) >= 11 is 0. The van der Waals surface area contributed by atoms with Gasteiger partial charge in [-0.15, -0.1) is 0 Å². The minimum absolute atomic E-state index is 0.843. The summed E-state index contributed by atoms with van der Waals surface area (Å²) in [5.74, 6) is 0. The summed E-state index contributed by atoms with van der Waals surface area (Å²) in [6.45, 7) is 0. The van der Waals surface area contributed by atoms with Crippen LogP contribution in [0.5, 0.6) is 0 Å². The average Bonchev–Trinajstić information content (AvgIpc) is 3.86. The highest BCUT2D eigenvalue weighted by atomic mass is 16.3. The maximum Gasteiger partial charge on any atom is 0.159 e. The molecule has 3 heterocycles. The largest absolute Gasteiger partial charge is 0.455 e. The van der Waals surface area contributed by atoms with Crippen molar-refractivity contribution in [3.8, 4) is 5.69 Å². The summed E-state index contributed by atoms with van der Waals surface area (Å²) in [7, 11) is 0. The molecule has 0 saturated heterocycles. The first-order valence-corrected chi connectivity index (χ1v) is 16.9. The van der Waals surface area contributed by atoms with Gasteiger partial charge in [0, 0.05) is 43.7 Å². The fourth-order valence-electron chi connectivity index (χ4n) is 7.99. The summed E-state index contributed by atoms with van der Waals surface area (Å²) in [5.41, 5.74) is 9.94. The Morgan fingerprint density at radius 1 is 0.400 bits per heavy atom. The number of nitrogens with zero attached hydrogens (tertiary/aromatic N) is 2. The van der Waals surface area contributed by atoms with E-state index in [1.807, 2.05) is 12.1 Å². The highest BCUT2D eigenvalue weighted by Gasteiger charge is 2.24. The van der Waals surface area contributed by atoms with E-state index in [1.165, 1.54) is 16.3 Å². The molecule has 0 aliphatic rings. The number of hydrogen-bond acceptors (Lipinski definition) is 3. The minimum atomic E-state index is 0.843. The number of furan rings is 2. The lowest BCUT2D eigenvalue weighted by molar-refractivity contribution is 0.669. The topological polar surface area (TPSA) is 34.5 Å². The molecule has 0 fully saturated rings. The number of aromatic nitrogens is 1. The summed E-state index contributed by atoms with van der Waals surface area (Å²) < 4.78 is 15.7.